The molecule has 2 aromatic carbocycles. The van der Waals surface area contributed by atoms with Crippen molar-refractivity contribution >= 4 is 23.0 Å². The van der Waals surface area contributed by atoms with Crippen LogP contribution in [0.15, 0.2) is 72.8 Å². The van der Waals surface area contributed by atoms with Crippen LogP contribution in [-0.4, -0.2) is 25.0 Å². The summed E-state index contributed by atoms with van der Waals surface area (Å²) in [6.07, 6.45) is 6.80. The van der Waals surface area contributed by atoms with E-state index in [2.05, 4.69) is 5.32 Å². The van der Waals surface area contributed by atoms with Crippen molar-refractivity contribution in [2.75, 3.05) is 13.2 Å². The third-order valence-corrected chi connectivity index (χ3v) is 4.63. The second kappa shape index (κ2) is 10.3. The van der Waals surface area contributed by atoms with Crippen molar-refractivity contribution < 1.29 is 14.3 Å². The molecule has 28 heavy (non-hydrogen) atoms. The van der Waals surface area contributed by atoms with Crippen LogP contribution >= 0.6 is 0 Å². The summed E-state index contributed by atoms with van der Waals surface area (Å²) in [5.74, 6) is -0.529. The van der Waals surface area contributed by atoms with Crippen LogP contribution in [0.2, 0.25) is 0 Å². The Morgan fingerprint density at radius 1 is 0.714 bits per heavy atom. The average Bonchev–Trinajstić information content (AvgIpc) is 2.73. The minimum atomic E-state index is -0.390. The predicted molar refractivity (Wildman–Crippen MR) is 111 cm³/mol. The van der Waals surface area contributed by atoms with Gasteiger partial charge in [-0.1, -0.05) is 67.1 Å². The molecule has 1 aliphatic heterocycles. The number of amides is 1. The third-order valence-electron chi connectivity index (χ3n) is 4.63. The van der Waals surface area contributed by atoms with Crippen LogP contribution in [0, 0.1) is 0 Å². The van der Waals surface area contributed by atoms with Crippen LogP contribution in [0.5, 0.6) is 0 Å². The molecule has 1 amide bonds. The van der Waals surface area contributed by atoms with Crippen LogP contribution in [0.25, 0.3) is 11.1 Å². The Labute approximate surface area is 165 Å². The number of rotatable bonds is 2. The number of ether oxygens (including phenoxy) is 1. The molecular formula is C24H25NO3. The minimum absolute atomic E-state index is 0.139. The van der Waals surface area contributed by atoms with Crippen molar-refractivity contribution in [3.05, 3.63) is 83.9 Å². The maximum atomic E-state index is 13.1. The molecule has 144 valence electrons. The summed E-state index contributed by atoms with van der Waals surface area (Å²) in [4.78, 5) is 25.3. The Morgan fingerprint density at radius 2 is 1.36 bits per heavy atom. The maximum Gasteiger partial charge on any atom is 0.330 e. The molecular weight excluding hydrogens is 350 g/mol. The topological polar surface area (TPSA) is 55.4 Å². The van der Waals surface area contributed by atoms with E-state index < -0.39 is 5.97 Å². The number of hydrogen-bond donors (Lipinski definition) is 1. The summed E-state index contributed by atoms with van der Waals surface area (Å²) in [5, 5.41) is 3.05. The van der Waals surface area contributed by atoms with Gasteiger partial charge in [0.1, 0.15) is 0 Å². The van der Waals surface area contributed by atoms with Crippen molar-refractivity contribution in [3.8, 4) is 0 Å². The number of carbonyl (C=O) groups is 2. The predicted octanol–water partition coefficient (Wildman–Crippen LogP) is 4.39. The van der Waals surface area contributed by atoms with Gasteiger partial charge >= 0.3 is 5.97 Å². The second-order valence-corrected chi connectivity index (χ2v) is 6.69. The summed E-state index contributed by atoms with van der Waals surface area (Å²) >= 11 is 0. The van der Waals surface area contributed by atoms with Crippen molar-refractivity contribution in [2.24, 2.45) is 0 Å². The summed E-state index contributed by atoms with van der Waals surface area (Å²) < 4.78 is 5.29. The first-order chi connectivity index (χ1) is 13.8. The van der Waals surface area contributed by atoms with Crippen molar-refractivity contribution in [1.82, 2.24) is 5.32 Å². The molecule has 3 rings (SSSR count). The Hall–Kier alpha value is -3.14. The molecule has 0 saturated heterocycles. The summed E-state index contributed by atoms with van der Waals surface area (Å²) in [7, 11) is 0. The van der Waals surface area contributed by atoms with Gasteiger partial charge in [0.25, 0.3) is 5.91 Å². The Bertz CT molecular complexity index is 854. The normalized spacial score (nSPS) is 20.6. The zero-order valence-corrected chi connectivity index (χ0v) is 15.9. The van der Waals surface area contributed by atoms with Gasteiger partial charge in [-0.25, -0.2) is 4.79 Å². The molecule has 4 heteroatoms. The highest BCUT2D eigenvalue weighted by Crippen LogP contribution is 2.28. The fraction of sp³-hybridized carbons (Fsp3) is 0.250. The standard InChI is InChI=1S/C24H25NO3/c26-22-16-15-21(19-11-5-3-6-12-19)23(20-13-7-4-8-14-20)24(27)25-17-9-1-2-10-18-28-22/h3-8,11-16H,1-2,9-10,17-18H2,(H,25,27)/b16-15+,23-21+. The monoisotopic (exact) mass is 375 g/mol. The van der Waals surface area contributed by atoms with Crippen molar-refractivity contribution in [3.63, 3.8) is 0 Å². The third kappa shape index (κ3) is 5.43. The lowest BCUT2D eigenvalue weighted by Crippen LogP contribution is -2.26. The van der Waals surface area contributed by atoms with Gasteiger partial charge in [-0.15, -0.1) is 0 Å². The summed E-state index contributed by atoms with van der Waals surface area (Å²) in [6.45, 7) is 1.05. The number of cyclic esters (lactones) is 1. The summed E-state index contributed by atoms with van der Waals surface area (Å²) in [5.41, 5.74) is 2.92. The lowest BCUT2D eigenvalue weighted by atomic mass is 9.93. The van der Waals surface area contributed by atoms with Gasteiger partial charge < -0.3 is 10.1 Å². The van der Waals surface area contributed by atoms with E-state index in [-0.39, 0.29) is 5.91 Å². The SMILES string of the molecule is O=C1/C=C/C(c2ccccc2)=C(/c2ccccc2)C(=O)NCCCCCCO1. The van der Waals surface area contributed by atoms with Gasteiger partial charge in [0.05, 0.1) is 12.2 Å². The van der Waals surface area contributed by atoms with E-state index in [1.165, 1.54) is 6.08 Å². The first-order valence-electron chi connectivity index (χ1n) is 9.74. The quantitative estimate of drug-likeness (QED) is 0.792. The van der Waals surface area contributed by atoms with Gasteiger partial charge in [0.15, 0.2) is 0 Å². The molecule has 0 fully saturated rings. The number of hydrogen-bond acceptors (Lipinski definition) is 3. The van der Waals surface area contributed by atoms with Crippen molar-refractivity contribution in [1.29, 1.82) is 0 Å². The molecule has 1 aliphatic rings. The zero-order chi connectivity index (χ0) is 19.6. The number of carbonyl (C=O) groups excluding carboxylic acids is 2. The van der Waals surface area contributed by atoms with Crippen LogP contribution in [0.4, 0.5) is 0 Å². The van der Waals surface area contributed by atoms with Crippen LogP contribution in [0.3, 0.4) is 0 Å². The second-order valence-electron chi connectivity index (χ2n) is 6.69. The van der Waals surface area contributed by atoms with Crippen LogP contribution < -0.4 is 5.32 Å². The van der Waals surface area contributed by atoms with E-state index in [4.69, 9.17) is 4.74 Å². The minimum Gasteiger partial charge on any atom is -0.463 e. The Kier molecular flexibility index (Phi) is 7.19. The number of allylic oxidation sites excluding steroid dienone is 2. The molecule has 2 aromatic rings. The van der Waals surface area contributed by atoms with Gasteiger partial charge in [0.2, 0.25) is 0 Å². The molecule has 1 heterocycles. The molecule has 0 aromatic heterocycles. The molecule has 0 aliphatic carbocycles. The first-order valence-corrected chi connectivity index (χ1v) is 9.74. The fourth-order valence-corrected chi connectivity index (χ4v) is 3.20. The number of benzene rings is 2. The largest absolute Gasteiger partial charge is 0.463 e. The molecule has 0 atom stereocenters. The Morgan fingerprint density at radius 3 is 2.07 bits per heavy atom. The molecule has 1 N–H and O–H groups in total. The van der Waals surface area contributed by atoms with E-state index in [0.717, 1.165) is 36.8 Å². The van der Waals surface area contributed by atoms with Gasteiger partial charge in [-0.3, -0.25) is 4.79 Å². The van der Waals surface area contributed by atoms with E-state index in [0.29, 0.717) is 24.3 Å². The highest BCUT2D eigenvalue weighted by molar-refractivity contribution is 6.28. The first kappa shape index (κ1) is 19.6. The Balaban J connectivity index is 2.12. The maximum absolute atomic E-state index is 13.1. The van der Waals surface area contributed by atoms with Crippen LogP contribution in [-0.2, 0) is 14.3 Å². The smallest absolute Gasteiger partial charge is 0.330 e. The molecule has 0 bridgehead atoms. The molecule has 0 saturated carbocycles. The molecule has 0 unspecified atom stereocenters. The van der Waals surface area contributed by atoms with Gasteiger partial charge in [0, 0.05) is 12.6 Å². The van der Waals surface area contributed by atoms with E-state index in [9.17, 15) is 9.59 Å². The van der Waals surface area contributed by atoms with E-state index in [1.54, 1.807) is 6.08 Å². The van der Waals surface area contributed by atoms with E-state index in [1.807, 2.05) is 60.7 Å². The summed E-state index contributed by atoms with van der Waals surface area (Å²) in [6, 6.07) is 19.2. The van der Waals surface area contributed by atoms with Crippen molar-refractivity contribution in [2.45, 2.75) is 25.7 Å². The molecule has 4 nitrogen and oxygen atoms in total. The number of esters is 1. The van der Waals surface area contributed by atoms with Gasteiger partial charge in [-0.05, 0) is 42.0 Å². The highest BCUT2D eigenvalue weighted by Gasteiger charge is 2.18. The lowest BCUT2D eigenvalue weighted by molar-refractivity contribution is -0.137. The van der Waals surface area contributed by atoms with Crippen LogP contribution in [0.1, 0.15) is 36.8 Å². The van der Waals surface area contributed by atoms with Gasteiger partial charge in [-0.2, -0.15) is 0 Å². The fourth-order valence-electron chi connectivity index (χ4n) is 3.20. The molecule has 0 radical (unpaired) electrons. The molecule has 0 spiro atoms. The van der Waals surface area contributed by atoms with E-state index >= 15 is 0 Å². The lowest BCUT2D eigenvalue weighted by Gasteiger charge is -2.15. The zero-order valence-electron chi connectivity index (χ0n) is 15.9. The highest BCUT2D eigenvalue weighted by atomic mass is 16.5. The average molecular weight is 375 g/mol. The number of nitrogens with one attached hydrogen (secondary N) is 1.